The maximum Gasteiger partial charge on any atom is 0.433 e. The summed E-state index contributed by atoms with van der Waals surface area (Å²) in [5, 5.41) is 24.7. The highest BCUT2D eigenvalue weighted by atomic mass is 16.6. The fourth-order valence-corrected chi connectivity index (χ4v) is 1.55. The van der Waals surface area contributed by atoms with Crippen LogP contribution in [0.5, 0.6) is 0 Å². The van der Waals surface area contributed by atoms with E-state index in [9.17, 15) is 25.0 Å². The van der Waals surface area contributed by atoms with Gasteiger partial charge in [0.25, 0.3) is 11.6 Å². The zero-order valence-electron chi connectivity index (χ0n) is 10.8. The van der Waals surface area contributed by atoms with Gasteiger partial charge in [0.1, 0.15) is 10.5 Å². The van der Waals surface area contributed by atoms with Gasteiger partial charge in [-0.1, -0.05) is 12.1 Å². The van der Waals surface area contributed by atoms with Crippen LogP contribution in [0.3, 0.4) is 0 Å². The second kappa shape index (κ2) is 6.26. The molecule has 10 nitrogen and oxygen atoms in total. The Morgan fingerprint density at radius 1 is 1.14 bits per heavy atom. The van der Waals surface area contributed by atoms with Gasteiger partial charge in [0.05, 0.1) is 17.2 Å². The highest BCUT2D eigenvalue weighted by molar-refractivity contribution is 5.98. The number of nitro benzene ring substituents is 1. The van der Waals surface area contributed by atoms with Crippen molar-refractivity contribution in [2.75, 3.05) is 0 Å². The van der Waals surface area contributed by atoms with Crippen LogP contribution in [0.4, 0.5) is 11.6 Å². The van der Waals surface area contributed by atoms with E-state index >= 15 is 0 Å². The van der Waals surface area contributed by atoms with Crippen molar-refractivity contribution in [3.05, 3.63) is 68.0 Å². The fourth-order valence-electron chi connectivity index (χ4n) is 1.55. The van der Waals surface area contributed by atoms with Crippen LogP contribution in [0.2, 0.25) is 0 Å². The maximum absolute atomic E-state index is 11.8. The molecular weight excluding hydrogens is 296 g/mol. The molecule has 0 radical (unpaired) electrons. The summed E-state index contributed by atoms with van der Waals surface area (Å²) in [5.74, 6) is -1.20. The van der Waals surface area contributed by atoms with Gasteiger partial charge in [-0.2, -0.15) is 5.10 Å². The third kappa shape index (κ3) is 3.30. The summed E-state index contributed by atoms with van der Waals surface area (Å²) in [4.78, 5) is 31.6. The van der Waals surface area contributed by atoms with Crippen molar-refractivity contribution in [3.8, 4) is 0 Å². The Hall–Kier alpha value is -3.56. The third-order valence-corrected chi connectivity index (χ3v) is 2.50. The SMILES string of the molecule is O=C(N/N=C/c1ccc([N+](=O)[O-])o1)c1ccccc1[N+](=O)[O-]. The molecule has 0 spiro atoms. The number of hydrogen-bond acceptors (Lipinski definition) is 7. The number of nitrogens with one attached hydrogen (secondary N) is 1. The number of rotatable bonds is 5. The van der Waals surface area contributed by atoms with Crippen molar-refractivity contribution >= 4 is 23.7 Å². The molecule has 1 aromatic heterocycles. The van der Waals surface area contributed by atoms with E-state index in [0.717, 1.165) is 12.3 Å². The number of carbonyl (C=O) groups is 1. The van der Waals surface area contributed by atoms with Gasteiger partial charge in [0, 0.05) is 6.07 Å². The number of benzene rings is 1. The summed E-state index contributed by atoms with van der Waals surface area (Å²) >= 11 is 0. The van der Waals surface area contributed by atoms with E-state index in [1.54, 1.807) is 0 Å². The lowest BCUT2D eigenvalue weighted by molar-refractivity contribution is -0.402. The van der Waals surface area contributed by atoms with Gasteiger partial charge in [-0.15, -0.1) is 0 Å². The van der Waals surface area contributed by atoms with Gasteiger partial charge in [-0.05, 0) is 12.1 Å². The molecule has 0 saturated heterocycles. The van der Waals surface area contributed by atoms with Gasteiger partial charge in [-0.25, -0.2) is 5.43 Å². The molecule has 22 heavy (non-hydrogen) atoms. The molecule has 0 atom stereocenters. The molecule has 1 N–H and O–H groups in total. The Labute approximate surface area is 122 Å². The second-order valence-electron chi connectivity index (χ2n) is 3.91. The summed E-state index contributed by atoms with van der Waals surface area (Å²) in [7, 11) is 0. The zero-order valence-corrected chi connectivity index (χ0v) is 10.8. The summed E-state index contributed by atoms with van der Waals surface area (Å²) in [6.45, 7) is 0. The minimum atomic E-state index is -0.787. The van der Waals surface area contributed by atoms with Crippen molar-refractivity contribution in [3.63, 3.8) is 0 Å². The topological polar surface area (TPSA) is 141 Å². The molecule has 1 amide bonds. The Kier molecular flexibility index (Phi) is 4.22. The predicted octanol–water partition coefficient (Wildman–Crippen LogP) is 1.86. The molecule has 0 bridgehead atoms. The Balaban J connectivity index is 2.08. The van der Waals surface area contributed by atoms with Gasteiger partial charge >= 0.3 is 5.88 Å². The molecule has 10 heteroatoms. The Morgan fingerprint density at radius 3 is 2.50 bits per heavy atom. The van der Waals surface area contributed by atoms with Gasteiger partial charge in [-0.3, -0.25) is 25.0 Å². The van der Waals surface area contributed by atoms with E-state index in [4.69, 9.17) is 4.42 Å². The summed E-state index contributed by atoms with van der Waals surface area (Å²) in [5.41, 5.74) is 1.56. The summed E-state index contributed by atoms with van der Waals surface area (Å²) < 4.78 is 4.79. The first kappa shape index (κ1) is 14.8. The zero-order chi connectivity index (χ0) is 16.1. The number of furan rings is 1. The van der Waals surface area contributed by atoms with Crippen molar-refractivity contribution < 1.29 is 19.1 Å². The molecular formula is C12H8N4O6. The molecule has 1 heterocycles. The van der Waals surface area contributed by atoms with Crippen LogP contribution in [0.15, 0.2) is 45.9 Å². The highest BCUT2D eigenvalue weighted by Crippen LogP contribution is 2.17. The van der Waals surface area contributed by atoms with E-state index in [0.29, 0.717) is 0 Å². The largest absolute Gasteiger partial charge is 0.433 e. The fraction of sp³-hybridized carbons (Fsp3) is 0. The molecule has 0 aliphatic carbocycles. The summed E-state index contributed by atoms with van der Waals surface area (Å²) in [6.07, 6.45) is 1.04. The predicted molar refractivity (Wildman–Crippen MR) is 73.5 cm³/mol. The van der Waals surface area contributed by atoms with Crippen LogP contribution in [0.1, 0.15) is 16.1 Å². The Morgan fingerprint density at radius 2 is 1.86 bits per heavy atom. The monoisotopic (exact) mass is 304 g/mol. The normalized spacial score (nSPS) is 10.5. The standard InChI is InChI=1S/C12H8N4O6/c17-12(9-3-1-2-4-10(9)15(18)19)14-13-7-8-5-6-11(22-8)16(20)21/h1-7H,(H,14,17)/b13-7+. The number of hydrogen-bond donors (Lipinski definition) is 1. The number of carbonyl (C=O) groups excluding carboxylic acids is 1. The lowest BCUT2D eigenvalue weighted by Gasteiger charge is -2.00. The molecule has 0 aliphatic rings. The molecule has 2 rings (SSSR count). The van der Waals surface area contributed by atoms with E-state index in [1.807, 2.05) is 0 Å². The van der Waals surface area contributed by atoms with Crippen molar-refractivity contribution in [1.82, 2.24) is 5.43 Å². The quantitative estimate of drug-likeness (QED) is 0.507. The van der Waals surface area contributed by atoms with Gasteiger partial charge in [0.2, 0.25) is 0 Å². The average Bonchev–Trinajstić information content (AvgIpc) is 2.96. The highest BCUT2D eigenvalue weighted by Gasteiger charge is 2.18. The van der Waals surface area contributed by atoms with E-state index in [1.165, 1.54) is 30.3 Å². The minimum absolute atomic E-state index is 0.0505. The molecule has 0 saturated carbocycles. The second-order valence-corrected chi connectivity index (χ2v) is 3.91. The Bertz CT molecular complexity index is 766. The maximum atomic E-state index is 11.8. The number of hydrazone groups is 1. The summed E-state index contributed by atoms with van der Waals surface area (Å²) in [6, 6.07) is 7.79. The van der Waals surface area contributed by atoms with Crippen molar-refractivity contribution in [2.45, 2.75) is 0 Å². The lowest BCUT2D eigenvalue weighted by atomic mass is 10.2. The van der Waals surface area contributed by atoms with Crippen LogP contribution in [-0.2, 0) is 0 Å². The van der Waals surface area contributed by atoms with Crippen LogP contribution in [-0.4, -0.2) is 22.0 Å². The molecule has 0 aliphatic heterocycles. The molecule has 0 fully saturated rings. The number of amides is 1. The first-order valence-electron chi connectivity index (χ1n) is 5.80. The van der Waals surface area contributed by atoms with Crippen LogP contribution < -0.4 is 5.43 Å². The smallest absolute Gasteiger partial charge is 0.400 e. The van der Waals surface area contributed by atoms with Crippen molar-refractivity contribution in [1.29, 1.82) is 0 Å². The van der Waals surface area contributed by atoms with Crippen LogP contribution >= 0.6 is 0 Å². The average molecular weight is 304 g/mol. The van der Waals surface area contributed by atoms with E-state index in [2.05, 4.69) is 10.5 Å². The minimum Gasteiger partial charge on any atom is -0.400 e. The van der Waals surface area contributed by atoms with Gasteiger partial charge < -0.3 is 4.42 Å². The molecule has 1 aromatic carbocycles. The lowest BCUT2D eigenvalue weighted by Crippen LogP contribution is -2.18. The molecule has 0 unspecified atom stereocenters. The van der Waals surface area contributed by atoms with Crippen LogP contribution in [0.25, 0.3) is 0 Å². The third-order valence-electron chi connectivity index (χ3n) is 2.50. The number of para-hydroxylation sites is 1. The first-order chi connectivity index (χ1) is 10.5. The first-order valence-corrected chi connectivity index (χ1v) is 5.80. The number of nitro groups is 2. The van der Waals surface area contributed by atoms with Crippen LogP contribution in [0, 0.1) is 20.2 Å². The van der Waals surface area contributed by atoms with E-state index < -0.39 is 21.6 Å². The van der Waals surface area contributed by atoms with E-state index in [-0.39, 0.29) is 17.0 Å². The molecule has 112 valence electrons. The van der Waals surface area contributed by atoms with Gasteiger partial charge in [0.15, 0.2) is 5.76 Å². The molecule has 2 aromatic rings. The van der Waals surface area contributed by atoms with Crippen molar-refractivity contribution in [2.24, 2.45) is 5.10 Å². The number of nitrogens with zero attached hydrogens (tertiary/aromatic N) is 3.